The number of methoxy groups -OCH3 is 1. The van der Waals surface area contributed by atoms with Gasteiger partial charge >= 0.3 is 0 Å². The Kier molecular flexibility index (Phi) is 6.36. The highest BCUT2D eigenvalue weighted by molar-refractivity contribution is 8.00. The lowest BCUT2D eigenvalue weighted by molar-refractivity contribution is 0.184. The molecular formula is C16H26N2OS. The number of benzene rings is 1. The molecule has 1 aromatic rings. The van der Waals surface area contributed by atoms with E-state index in [-0.39, 0.29) is 0 Å². The summed E-state index contributed by atoms with van der Waals surface area (Å²) in [5, 5.41) is 0.750. The minimum atomic E-state index is 0.335. The lowest BCUT2D eigenvalue weighted by atomic mass is 10.0. The van der Waals surface area contributed by atoms with Crippen molar-refractivity contribution in [2.45, 2.75) is 31.2 Å². The molecule has 4 heteroatoms. The first-order valence-electron chi connectivity index (χ1n) is 7.42. The van der Waals surface area contributed by atoms with Crippen LogP contribution in [0.15, 0.2) is 24.3 Å². The molecule has 0 amide bonds. The van der Waals surface area contributed by atoms with Crippen LogP contribution < -0.4 is 5.73 Å². The van der Waals surface area contributed by atoms with Crippen molar-refractivity contribution in [1.82, 2.24) is 4.90 Å². The molecule has 20 heavy (non-hydrogen) atoms. The molecule has 1 aromatic carbocycles. The molecular weight excluding hydrogens is 268 g/mol. The third kappa shape index (κ3) is 3.98. The zero-order valence-corrected chi connectivity index (χ0v) is 13.4. The van der Waals surface area contributed by atoms with Gasteiger partial charge in [-0.2, -0.15) is 11.8 Å². The van der Waals surface area contributed by atoms with Crippen LogP contribution in [0.1, 0.15) is 30.5 Å². The number of ether oxygens (including phenoxy) is 1. The van der Waals surface area contributed by atoms with Gasteiger partial charge in [-0.3, -0.25) is 4.90 Å². The van der Waals surface area contributed by atoms with E-state index in [1.54, 1.807) is 7.11 Å². The van der Waals surface area contributed by atoms with Gasteiger partial charge in [0.2, 0.25) is 0 Å². The van der Waals surface area contributed by atoms with Gasteiger partial charge in [0.05, 0.1) is 6.61 Å². The summed E-state index contributed by atoms with van der Waals surface area (Å²) in [6.45, 7) is 5.91. The number of nitrogens with two attached hydrogens (primary N) is 1. The second-order valence-electron chi connectivity index (χ2n) is 5.33. The Morgan fingerprint density at radius 3 is 3.05 bits per heavy atom. The fourth-order valence-electron chi connectivity index (χ4n) is 2.83. The maximum atomic E-state index is 6.07. The SMILES string of the molecule is CCC1CN(C(CN)c2cccc(COC)c2)CCS1. The van der Waals surface area contributed by atoms with Crippen molar-refractivity contribution < 1.29 is 4.74 Å². The lowest BCUT2D eigenvalue weighted by Crippen LogP contribution is -2.42. The summed E-state index contributed by atoms with van der Waals surface area (Å²) in [5.41, 5.74) is 8.61. The quantitative estimate of drug-likeness (QED) is 0.875. The van der Waals surface area contributed by atoms with Crippen LogP contribution in [-0.4, -0.2) is 42.6 Å². The van der Waals surface area contributed by atoms with Crippen molar-refractivity contribution in [1.29, 1.82) is 0 Å². The van der Waals surface area contributed by atoms with E-state index < -0.39 is 0 Å². The summed E-state index contributed by atoms with van der Waals surface area (Å²) in [6, 6.07) is 8.99. The zero-order valence-electron chi connectivity index (χ0n) is 12.5. The monoisotopic (exact) mass is 294 g/mol. The molecule has 0 aliphatic carbocycles. The zero-order chi connectivity index (χ0) is 14.4. The minimum Gasteiger partial charge on any atom is -0.380 e. The Balaban J connectivity index is 2.12. The third-order valence-corrected chi connectivity index (χ3v) is 5.31. The van der Waals surface area contributed by atoms with Crippen molar-refractivity contribution >= 4 is 11.8 Å². The summed E-state index contributed by atoms with van der Waals surface area (Å²) in [5.74, 6) is 1.22. The maximum Gasteiger partial charge on any atom is 0.0713 e. The van der Waals surface area contributed by atoms with E-state index in [9.17, 15) is 0 Å². The molecule has 1 heterocycles. The standard InChI is InChI=1S/C16H26N2OS/c1-3-15-11-18(7-8-20-15)16(10-17)14-6-4-5-13(9-14)12-19-2/h4-6,9,15-16H,3,7-8,10-12,17H2,1-2H3. The Bertz CT molecular complexity index is 413. The first-order chi connectivity index (χ1) is 9.78. The fourth-order valence-corrected chi connectivity index (χ4v) is 4.03. The van der Waals surface area contributed by atoms with E-state index in [0.717, 1.165) is 18.3 Å². The van der Waals surface area contributed by atoms with E-state index in [4.69, 9.17) is 10.5 Å². The summed E-state index contributed by atoms with van der Waals surface area (Å²) in [7, 11) is 1.74. The molecule has 2 rings (SSSR count). The second-order valence-corrected chi connectivity index (χ2v) is 6.73. The average molecular weight is 294 g/mol. The molecule has 2 N–H and O–H groups in total. The van der Waals surface area contributed by atoms with Crippen LogP contribution in [0.25, 0.3) is 0 Å². The molecule has 112 valence electrons. The van der Waals surface area contributed by atoms with Gasteiger partial charge < -0.3 is 10.5 Å². The second kappa shape index (κ2) is 8.03. The van der Waals surface area contributed by atoms with E-state index in [2.05, 4.69) is 47.9 Å². The van der Waals surface area contributed by atoms with Crippen molar-refractivity contribution in [3.8, 4) is 0 Å². The predicted molar refractivity (Wildman–Crippen MR) is 87.1 cm³/mol. The van der Waals surface area contributed by atoms with Crippen LogP contribution in [0.5, 0.6) is 0 Å². The molecule has 1 fully saturated rings. The van der Waals surface area contributed by atoms with Crippen LogP contribution in [0, 0.1) is 0 Å². The van der Waals surface area contributed by atoms with Gasteiger partial charge in [0.1, 0.15) is 0 Å². The van der Waals surface area contributed by atoms with Gasteiger partial charge in [-0.15, -0.1) is 0 Å². The third-order valence-electron chi connectivity index (χ3n) is 3.94. The molecule has 0 saturated carbocycles. The molecule has 3 nitrogen and oxygen atoms in total. The summed E-state index contributed by atoms with van der Waals surface area (Å²) >= 11 is 2.10. The minimum absolute atomic E-state index is 0.335. The molecule has 1 aliphatic rings. The van der Waals surface area contributed by atoms with Crippen LogP contribution in [0.3, 0.4) is 0 Å². The van der Waals surface area contributed by atoms with Gasteiger partial charge in [0.15, 0.2) is 0 Å². The molecule has 0 radical (unpaired) electrons. The van der Waals surface area contributed by atoms with Crippen LogP contribution >= 0.6 is 11.8 Å². The predicted octanol–water partition coefficient (Wildman–Crippen LogP) is 2.66. The molecule has 2 unspecified atom stereocenters. The first-order valence-corrected chi connectivity index (χ1v) is 8.46. The highest BCUT2D eigenvalue weighted by atomic mass is 32.2. The number of hydrogen-bond acceptors (Lipinski definition) is 4. The van der Waals surface area contributed by atoms with Gasteiger partial charge in [0.25, 0.3) is 0 Å². The van der Waals surface area contributed by atoms with Crippen molar-refractivity contribution in [2.24, 2.45) is 5.73 Å². The molecule has 0 spiro atoms. The van der Waals surface area contributed by atoms with E-state index >= 15 is 0 Å². The topological polar surface area (TPSA) is 38.5 Å². The Hall–Kier alpha value is -0.550. The summed E-state index contributed by atoms with van der Waals surface area (Å²) in [4.78, 5) is 2.55. The van der Waals surface area contributed by atoms with Crippen molar-refractivity contribution in [2.75, 3.05) is 32.5 Å². The van der Waals surface area contributed by atoms with Crippen LogP contribution in [-0.2, 0) is 11.3 Å². The van der Waals surface area contributed by atoms with E-state index in [0.29, 0.717) is 19.2 Å². The molecule has 1 saturated heterocycles. The summed E-state index contributed by atoms with van der Waals surface area (Å²) in [6.07, 6.45) is 1.24. The van der Waals surface area contributed by atoms with Crippen LogP contribution in [0.2, 0.25) is 0 Å². The first kappa shape index (κ1) is 15.8. The van der Waals surface area contributed by atoms with E-state index in [1.807, 2.05) is 0 Å². The van der Waals surface area contributed by atoms with E-state index in [1.165, 1.54) is 23.3 Å². The molecule has 1 aliphatic heterocycles. The largest absolute Gasteiger partial charge is 0.380 e. The van der Waals surface area contributed by atoms with Crippen molar-refractivity contribution in [3.63, 3.8) is 0 Å². The van der Waals surface area contributed by atoms with Crippen molar-refractivity contribution in [3.05, 3.63) is 35.4 Å². The molecule has 2 atom stereocenters. The van der Waals surface area contributed by atoms with Gasteiger partial charge in [-0.1, -0.05) is 31.2 Å². The number of nitrogens with zero attached hydrogens (tertiary/aromatic N) is 1. The average Bonchev–Trinajstić information content (AvgIpc) is 2.49. The number of thioether (sulfide) groups is 1. The van der Waals surface area contributed by atoms with Gasteiger partial charge in [-0.05, 0) is 17.5 Å². The Morgan fingerprint density at radius 1 is 1.50 bits per heavy atom. The summed E-state index contributed by atoms with van der Waals surface area (Å²) < 4.78 is 5.23. The Labute approximate surface area is 126 Å². The maximum absolute atomic E-state index is 6.07. The highest BCUT2D eigenvalue weighted by Crippen LogP contribution is 2.28. The normalized spacial score (nSPS) is 21.9. The smallest absolute Gasteiger partial charge is 0.0713 e. The van der Waals surface area contributed by atoms with Gasteiger partial charge in [-0.25, -0.2) is 0 Å². The number of hydrogen-bond donors (Lipinski definition) is 1. The molecule has 0 bridgehead atoms. The molecule has 0 aromatic heterocycles. The lowest BCUT2D eigenvalue weighted by Gasteiger charge is -2.37. The Morgan fingerprint density at radius 2 is 2.35 bits per heavy atom. The van der Waals surface area contributed by atoms with Gasteiger partial charge in [0, 0.05) is 43.8 Å². The highest BCUT2D eigenvalue weighted by Gasteiger charge is 2.25. The van der Waals surface area contributed by atoms with Crippen LogP contribution in [0.4, 0.5) is 0 Å². The fraction of sp³-hybridized carbons (Fsp3) is 0.625. The number of rotatable bonds is 6.